The third kappa shape index (κ3) is 6.37. The molecule has 0 aliphatic carbocycles. The molecule has 0 saturated heterocycles. The zero-order chi connectivity index (χ0) is 18.8. The first-order valence-electron chi connectivity index (χ1n) is 8.49. The summed E-state index contributed by atoms with van der Waals surface area (Å²) in [5, 5.41) is 3.33. The summed E-state index contributed by atoms with van der Waals surface area (Å²) in [6, 6.07) is 14.4. The Balaban J connectivity index is 1.84. The topological polar surface area (TPSA) is 46.1 Å². The second kappa shape index (κ2) is 10.4. The van der Waals surface area contributed by atoms with Crippen LogP contribution in [0.2, 0.25) is 0 Å². The molecule has 5 nitrogen and oxygen atoms in total. The summed E-state index contributed by atoms with van der Waals surface area (Å²) < 4.78 is 23.5. The molecule has 0 aliphatic rings. The molecule has 0 radical (unpaired) electrons. The van der Waals surface area contributed by atoms with Crippen LogP contribution in [0.3, 0.4) is 0 Å². The van der Waals surface area contributed by atoms with Crippen molar-refractivity contribution in [3.63, 3.8) is 0 Å². The van der Waals surface area contributed by atoms with Crippen molar-refractivity contribution in [2.75, 3.05) is 34.4 Å². The Kier molecular flexibility index (Phi) is 7.89. The molecule has 0 atom stereocenters. The normalized spacial score (nSPS) is 11.3. The van der Waals surface area contributed by atoms with Gasteiger partial charge in [0, 0.05) is 34.3 Å². The SMILES string of the molecule is CN=C(NCc1ccc(OCCOC)cc1)N(C)Cc1ccc(F)cc1. The highest BCUT2D eigenvalue weighted by molar-refractivity contribution is 5.79. The summed E-state index contributed by atoms with van der Waals surface area (Å²) in [6.07, 6.45) is 0. The molecule has 26 heavy (non-hydrogen) atoms. The molecule has 0 aliphatic heterocycles. The van der Waals surface area contributed by atoms with Crippen molar-refractivity contribution >= 4 is 5.96 Å². The van der Waals surface area contributed by atoms with E-state index in [-0.39, 0.29) is 5.82 Å². The molecule has 0 amide bonds. The number of hydrogen-bond donors (Lipinski definition) is 1. The van der Waals surface area contributed by atoms with E-state index >= 15 is 0 Å². The van der Waals surface area contributed by atoms with Gasteiger partial charge in [-0.25, -0.2) is 4.39 Å². The molecule has 0 aromatic heterocycles. The molecule has 0 spiro atoms. The monoisotopic (exact) mass is 359 g/mol. The molecule has 2 aromatic rings. The number of ether oxygens (including phenoxy) is 2. The average Bonchev–Trinajstić information content (AvgIpc) is 2.65. The van der Waals surface area contributed by atoms with Gasteiger partial charge in [0.05, 0.1) is 6.61 Å². The first-order valence-corrected chi connectivity index (χ1v) is 8.49. The fraction of sp³-hybridized carbons (Fsp3) is 0.350. The van der Waals surface area contributed by atoms with E-state index in [1.165, 1.54) is 12.1 Å². The highest BCUT2D eigenvalue weighted by Gasteiger charge is 2.07. The van der Waals surface area contributed by atoms with Crippen LogP contribution in [0, 0.1) is 5.82 Å². The number of guanidine groups is 1. The standard InChI is InChI=1S/C20H26FN3O2/c1-22-20(24(2)15-17-4-8-18(21)9-5-17)23-14-16-6-10-19(11-7-16)26-13-12-25-3/h4-11H,12-15H2,1-3H3,(H,22,23). The van der Waals surface area contributed by atoms with Gasteiger partial charge >= 0.3 is 0 Å². The third-order valence-electron chi connectivity index (χ3n) is 3.84. The molecule has 0 fully saturated rings. The van der Waals surface area contributed by atoms with Gasteiger partial charge in [0.2, 0.25) is 0 Å². The van der Waals surface area contributed by atoms with Crippen molar-refractivity contribution in [3.05, 3.63) is 65.5 Å². The van der Waals surface area contributed by atoms with Crippen molar-refractivity contribution in [2.24, 2.45) is 4.99 Å². The minimum atomic E-state index is -0.228. The molecule has 1 N–H and O–H groups in total. The number of hydrogen-bond acceptors (Lipinski definition) is 3. The first kappa shape index (κ1) is 19.7. The Morgan fingerprint density at radius 1 is 1.04 bits per heavy atom. The van der Waals surface area contributed by atoms with Gasteiger partial charge in [-0.3, -0.25) is 4.99 Å². The molecule has 0 unspecified atom stereocenters. The quantitative estimate of drug-likeness (QED) is 0.447. The van der Waals surface area contributed by atoms with Crippen LogP contribution in [-0.2, 0) is 17.8 Å². The van der Waals surface area contributed by atoms with Crippen LogP contribution in [-0.4, -0.2) is 45.3 Å². The van der Waals surface area contributed by atoms with Crippen molar-refractivity contribution in [3.8, 4) is 5.75 Å². The second-order valence-electron chi connectivity index (χ2n) is 5.87. The summed E-state index contributed by atoms with van der Waals surface area (Å²) in [5.74, 6) is 1.37. The van der Waals surface area contributed by atoms with E-state index in [1.807, 2.05) is 36.2 Å². The molecule has 140 valence electrons. The van der Waals surface area contributed by atoms with E-state index in [0.29, 0.717) is 26.3 Å². The van der Waals surface area contributed by atoms with Gasteiger partial charge in [0.25, 0.3) is 0 Å². The molecule has 6 heteroatoms. The number of rotatable bonds is 8. The maximum Gasteiger partial charge on any atom is 0.193 e. The number of aliphatic imine (C=N–C) groups is 1. The summed E-state index contributed by atoms with van der Waals surface area (Å²) in [6.45, 7) is 2.40. The Morgan fingerprint density at radius 3 is 2.31 bits per heavy atom. The fourth-order valence-electron chi connectivity index (χ4n) is 2.45. The zero-order valence-electron chi connectivity index (χ0n) is 15.5. The van der Waals surface area contributed by atoms with E-state index in [9.17, 15) is 4.39 Å². The van der Waals surface area contributed by atoms with Gasteiger partial charge < -0.3 is 19.7 Å². The van der Waals surface area contributed by atoms with E-state index < -0.39 is 0 Å². The lowest BCUT2D eigenvalue weighted by Crippen LogP contribution is -2.38. The molecule has 2 rings (SSSR count). The maximum atomic E-state index is 13.0. The molecule has 0 heterocycles. The lowest BCUT2D eigenvalue weighted by atomic mass is 10.2. The number of benzene rings is 2. The third-order valence-corrected chi connectivity index (χ3v) is 3.84. The number of nitrogens with one attached hydrogen (secondary N) is 1. The fourth-order valence-corrected chi connectivity index (χ4v) is 2.45. The second-order valence-corrected chi connectivity index (χ2v) is 5.87. The summed E-state index contributed by atoms with van der Waals surface area (Å²) in [4.78, 5) is 6.30. The smallest absolute Gasteiger partial charge is 0.193 e. The number of methoxy groups -OCH3 is 1. The summed E-state index contributed by atoms with van der Waals surface area (Å²) in [5.41, 5.74) is 2.15. The minimum Gasteiger partial charge on any atom is -0.491 e. The predicted molar refractivity (Wildman–Crippen MR) is 102 cm³/mol. The zero-order valence-corrected chi connectivity index (χ0v) is 15.5. The Hall–Kier alpha value is -2.60. The number of halogens is 1. The summed E-state index contributed by atoms with van der Waals surface area (Å²) >= 11 is 0. The van der Waals surface area contributed by atoms with Crippen molar-refractivity contribution in [1.82, 2.24) is 10.2 Å². The van der Waals surface area contributed by atoms with E-state index in [1.54, 1.807) is 26.3 Å². The van der Waals surface area contributed by atoms with E-state index in [0.717, 1.165) is 22.8 Å². The molecular formula is C20H26FN3O2. The number of nitrogens with zero attached hydrogens (tertiary/aromatic N) is 2. The molecule has 2 aromatic carbocycles. The predicted octanol–water partition coefficient (Wildman–Crippen LogP) is 3.06. The highest BCUT2D eigenvalue weighted by Crippen LogP contribution is 2.12. The van der Waals surface area contributed by atoms with Crippen LogP contribution >= 0.6 is 0 Å². The lowest BCUT2D eigenvalue weighted by Gasteiger charge is -2.22. The van der Waals surface area contributed by atoms with Gasteiger partial charge in [-0.1, -0.05) is 24.3 Å². The van der Waals surface area contributed by atoms with E-state index in [2.05, 4.69) is 10.3 Å². The van der Waals surface area contributed by atoms with Crippen LogP contribution in [0.5, 0.6) is 5.75 Å². The Morgan fingerprint density at radius 2 is 1.69 bits per heavy atom. The lowest BCUT2D eigenvalue weighted by molar-refractivity contribution is 0.146. The highest BCUT2D eigenvalue weighted by atomic mass is 19.1. The van der Waals surface area contributed by atoms with Crippen LogP contribution in [0.1, 0.15) is 11.1 Å². The van der Waals surface area contributed by atoms with Crippen molar-refractivity contribution < 1.29 is 13.9 Å². The molecule has 0 bridgehead atoms. The van der Waals surface area contributed by atoms with Crippen molar-refractivity contribution in [2.45, 2.75) is 13.1 Å². The Labute approximate surface area is 154 Å². The van der Waals surface area contributed by atoms with Gasteiger partial charge in [0.15, 0.2) is 5.96 Å². The molecule has 0 saturated carbocycles. The van der Waals surface area contributed by atoms with Crippen LogP contribution in [0.25, 0.3) is 0 Å². The summed E-state index contributed by atoms with van der Waals surface area (Å²) in [7, 11) is 5.35. The van der Waals surface area contributed by atoms with E-state index in [4.69, 9.17) is 9.47 Å². The van der Waals surface area contributed by atoms with Gasteiger partial charge in [-0.2, -0.15) is 0 Å². The maximum absolute atomic E-state index is 13.0. The van der Waals surface area contributed by atoms with Gasteiger partial charge in [-0.15, -0.1) is 0 Å². The van der Waals surface area contributed by atoms with Crippen LogP contribution in [0.4, 0.5) is 4.39 Å². The molecular weight excluding hydrogens is 333 g/mol. The average molecular weight is 359 g/mol. The van der Waals surface area contributed by atoms with Crippen LogP contribution < -0.4 is 10.1 Å². The first-order chi connectivity index (χ1) is 12.6. The Bertz CT molecular complexity index is 687. The largest absolute Gasteiger partial charge is 0.491 e. The van der Waals surface area contributed by atoms with Crippen molar-refractivity contribution in [1.29, 1.82) is 0 Å². The van der Waals surface area contributed by atoms with Crippen LogP contribution in [0.15, 0.2) is 53.5 Å². The van der Waals surface area contributed by atoms with Gasteiger partial charge in [-0.05, 0) is 35.4 Å². The minimum absolute atomic E-state index is 0.228. The van der Waals surface area contributed by atoms with Gasteiger partial charge in [0.1, 0.15) is 18.2 Å².